The van der Waals surface area contributed by atoms with Gasteiger partial charge in [0.1, 0.15) is 0 Å². The number of rotatable bonds is 10. The van der Waals surface area contributed by atoms with Crippen LogP contribution in [-0.2, 0) is 12.8 Å². The highest BCUT2D eigenvalue weighted by Gasteiger charge is 2.12. The molecule has 0 fully saturated rings. The SMILES string of the molecule is C.CCCc1cc(OC(C)C)c(OC)cc1Br.COc1cc(Br)c(CCO)cc1OC(C)C. The summed E-state index contributed by atoms with van der Waals surface area (Å²) in [5.74, 6) is 3.01. The summed E-state index contributed by atoms with van der Waals surface area (Å²) < 4.78 is 23.9. The van der Waals surface area contributed by atoms with Crippen LogP contribution in [0.5, 0.6) is 23.0 Å². The Labute approximate surface area is 217 Å². The number of hydrogen-bond donors (Lipinski definition) is 1. The van der Waals surface area contributed by atoms with Crippen molar-refractivity contribution in [3.63, 3.8) is 0 Å². The van der Waals surface area contributed by atoms with E-state index in [0.717, 1.165) is 38.8 Å². The van der Waals surface area contributed by atoms with E-state index in [2.05, 4.69) is 44.8 Å². The molecule has 0 aliphatic heterocycles. The number of hydrogen-bond acceptors (Lipinski definition) is 5. The predicted molar refractivity (Wildman–Crippen MR) is 144 cm³/mol. The van der Waals surface area contributed by atoms with Gasteiger partial charge >= 0.3 is 0 Å². The van der Waals surface area contributed by atoms with Crippen molar-refractivity contribution in [2.75, 3.05) is 20.8 Å². The number of aliphatic hydroxyl groups is 1. The van der Waals surface area contributed by atoms with E-state index in [9.17, 15) is 0 Å². The first-order valence-electron chi connectivity index (χ1n) is 10.8. The van der Waals surface area contributed by atoms with Crippen LogP contribution >= 0.6 is 31.9 Å². The van der Waals surface area contributed by atoms with E-state index in [1.165, 1.54) is 5.56 Å². The molecule has 5 nitrogen and oxygen atoms in total. The van der Waals surface area contributed by atoms with Crippen LogP contribution in [0.4, 0.5) is 0 Å². The molecule has 0 aromatic heterocycles. The Morgan fingerprint density at radius 3 is 1.42 bits per heavy atom. The van der Waals surface area contributed by atoms with Gasteiger partial charge in [0, 0.05) is 15.6 Å². The molecule has 0 saturated carbocycles. The zero-order valence-corrected chi connectivity index (χ0v) is 23.3. The van der Waals surface area contributed by atoms with Crippen LogP contribution in [0.1, 0.15) is 59.6 Å². The molecule has 2 aromatic rings. The van der Waals surface area contributed by atoms with Gasteiger partial charge < -0.3 is 24.1 Å². The van der Waals surface area contributed by atoms with Gasteiger partial charge in [0.25, 0.3) is 0 Å². The summed E-state index contributed by atoms with van der Waals surface area (Å²) in [6.07, 6.45) is 3.01. The zero-order valence-electron chi connectivity index (χ0n) is 20.1. The molecule has 33 heavy (non-hydrogen) atoms. The summed E-state index contributed by atoms with van der Waals surface area (Å²) in [5.41, 5.74) is 2.28. The van der Waals surface area contributed by atoms with E-state index in [1.54, 1.807) is 14.2 Å². The van der Waals surface area contributed by atoms with E-state index in [4.69, 9.17) is 24.1 Å². The topological polar surface area (TPSA) is 57.2 Å². The van der Waals surface area contributed by atoms with Crippen LogP contribution in [0.15, 0.2) is 33.2 Å². The van der Waals surface area contributed by atoms with Gasteiger partial charge in [-0.15, -0.1) is 0 Å². The van der Waals surface area contributed by atoms with Crippen LogP contribution in [0.25, 0.3) is 0 Å². The second-order valence-electron chi connectivity index (χ2n) is 7.75. The lowest BCUT2D eigenvalue weighted by molar-refractivity contribution is 0.229. The third-order valence-corrected chi connectivity index (χ3v) is 5.77. The fourth-order valence-corrected chi connectivity index (χ4v) is 3.98. The van der Waals surface area contributed by atoms with Crippen LogP contribution in [-0.4, -0.2) is 38.1 Å². The van der Waals surface area contributed by atoms with Crippen molar-refractivity contribution >= 4 is 31.9 Å². The molecular formula is C26H40Br2O5. The molecular weight excluding hydrogens is 552 g/mol. The van der Waals surface area contributed by atoms with E-state index in [0.29, 0.717) is 17.9 Å². The van der Waals surface area contributed by atoms with Crippen LogP contribution in [0, 0.1) is 0 Å². The minimum atomic E-state index is 0. The van der Waals surface area contributed by atoms with Crippen molar-refractivity contribution in [1.82, 2.24) is 0 Å². The largest absolute Gasteiger partial charge is 0.493 e. The van der Waals surface area contributed by atoms with Gasteiger partial charge in [-0.25, -0.2) is 0 Å². The van der Waals surface area contributed by atoms with Gasteiger partial charge in [-0.3, -0.25) is 0 Å². The van der Waals surface area contributed by atoms with E-state index in [1.807, 2.05) is 45.9 Å². The lowest BCUT2D eigenvalue weighted by Crippen LogP contribution is -2.07. The Morgan fingerprint density at radius 1 is 0.727 bits per heavy atom. The summed E-state index contributed by atoms with van der Waals surface area (Å²) in [7, 11) is 3.27. The lowest BCUT2D eigenvalue weighted by Gasteiger charge is -2.15. The highest BCUT2D eigenvalue weighted by molar-refractivity contribution is 9.10. The Balaban J connectivity index is 0.000000602. The predicted octanol–water partition coefficient (Wildman–Crippen LogP) is 7.61. The zero-order chi connectivity index (χ0) is 24.3. The first-order valence-corrected chi connectivity index (χ1v) is 12.4. The van der Waals surface area contributed by atoms with Gasteiger partial charge in [-0.05, 0) is 75.9 Å². The van der Waals surface area contributed by atoms with Crippen molar-refractivity contribution in [2.45, 2.75) is 73.5 Å². The number of ether oxygens (including phenoxy) is 4. The molecule has 0 amide bonds. The molecule has 0 radical (unpaired) electrons. The molecule has 0 atom stereocenters. The van der Waals surface area contributed by atoms with Crippen LogP contribution in [0.2, 0.25) is 0 Å². The van der Waals surface area contributed by atoms with Crippen molar-refractivity contribution in [2.24, 2.45) is 0 Å². The van der Waals surface area contributed by atoms with E-state index in [-0.39, 0.29) is 26.2 Å². The molecule has 0 bridgehead atoms. The summed E-state index contributed by atoms with van der Waals surface area (Å²) >= 11 is 7.00. The molecule has 7 heteroatoms. The Bertz CT molecular complexity index is 768. The molecule has 2 aromatic carbocycles. The highest BCUT2D eigenvalue weighted by Crippen LogP contribution is 2.35. The minimum Gasteiger partial charge on any atom is -0.493 e. The average molecular weight is 592 g/mol. The molecule has 2 rings (SSSR count). The Morgan fingerprint density at radius 2 is 1.12 bits per heavy atom. The molecule has 188 valence electrons. The van der Waals surface area contributed by atoms with Crippen molar-refractivity contribution in [3.8, 4) is 23.0 Å². The number of aliphatic hydroxyl groups excluding tert-OH is 1. The number of halogens is 2. The van der Waals surface area contributed by atoms with Gasteiger partial charge in [0.2, 0.25) is 0 Å². The number of methoxy groups -OCH3 is 2. The summed E-state index contributed by atoms with van der Waals surface area (Å²) in [5, 5.41) is 8.95. The average Bonchev–Trinajstić information content (AvgIpc) is 2.72. The lowest BCUT2D eigenvalue weighted by atomic mass is 10.1. The third-order valence-electron chi connectivity index (χ3n) is 4.29. The Hall–Kier alpha value is -1.44. The highest BCUT2D eigenvalue weighted by atomic mass is 79.9. The summed E-state index contributed by atoms with van der Waals surface area (Å²) in [4.78, 5) is 0. The summed E-state index contributed by atoms with van der Waals surface area (Å²) in [6, 6.07) is 7.80. The van der Waals surface area contributed by atoms with E-state index < -0.39 is 0 Å². The smallest absolute Gasteiger partial charge is 0.161 e. The molecule has 0 aliphatic carbocycles. The summed E-state index contributed by atoms with van der Waals surface area (Å²) in [6.45, 7) is 10.2. The van der Waals surface area contributed by atoms with E-state index >= 15 is 0 Å². The van der Waals surface area contributed by atoms with Crippen molar-refractivity contribution in [1.29, 1.82) is 0 Å². The minimum absolute atomic E-state index is 0. The molecule has 0 unspecified atom stereocenters. The van der Waals surface area contributed by atoms with Gasteiger partial charge in [0.15, 0.2) is 23.0 Å². The maximum atomic E-state index is 8.95. The van der Waals surface area contributed by atoms with Gasteiger partial charge in [0.05, 0.1) is 26.4 Å². The van der Waals surface area contributed by atoms with Crippen LogP contribution < -0.4 is 18.9 Å². The fourth-order valence-electron chi connectivity index (χ4n) is 2.94. The van der Waals surface area contributed by atoms with Gasteiger partial charge in [-0.2, -0.15) is 0 Å². The van der Waals surface area contributed by atoms with Crippen LogP contribution in [0.3, 0.4) is 0 Å². The normalized spacial score (nSPS) is 10.3. The van der Waals surface area contributed by atoms with Gasteiger partial charge in [-0.1, -0.05) is 52.6 Å². The number of aryl methyl sites for hydroxylation is 1. The molecule has 0 saturated heterocycles. The van der Waals surface area contributed by atoms with Crippen molar-refractivity contribution < 1.29 is 24.1 Å². The first kappa shape index (κ1) is 31.6. The molecule has 1 N–H and O–H groups in total. The third kappa shape index (κ3) is 10.6. The maximum Gasteiger partial charge on any atom is 0.161 e. The second-order valence-corrected chi connectivity index (χ2v) is 9.45. The molecule has 0 spiro atoms. The standard InChI is InChI=1S/C13H19BrO2.C12H17BrO3.CH4/c1-5-6-10-7-13(16-9(2)3)12(15-4)8-11(10)14;1-8(2)16-12-6-9(4-5-14)10(13)7-11(12)15-3;/h7-9H,5-6H2,1-4H3;6-8,14H,4-5H2,1-3H3;1H4. The van der Waals surface area contributed by atoms with Crippen molar-refractivity contribution in [3.05, 3.63) is 44.3 Å². The number of benzene rings is 2. The molecule has 0 heterocycles. The fraction of sp³-hybridized carbons (Fsp3) is 0.538. The second kappa shape index (κ2) is 16.2. The first-order chi connectivity index (χ1) is 15.2. The monoisotopic (exact) mass is 590 g/mol. The molecule has 0 aliphatic rings. The quantitative estimate of drug-likeness (QED) is 0.308. The maximum absolute atomic E-state index is 8.95. The Kier molecular flexibility index (Phi) is 15.5.